The molecule has 0 rings (SSSR count). The lowest BCUT2D eigenvalue weighted by molar-refractivity contribution is -0.623. The summed E-state index contributed by atoms with van der Waals surface area (Å²) in [5.74, 6) is 0. The van der Waals surface area contributed by atoms with Gasteiger partial charge in [0.2, 0.25) is 0 Å². The van der Waals surface area contributed by atoms with Crippen molar-refractivity contribution in [3.63, 3.8) is 0 Å². The highest BCUT2D eigenvalue weighted by atomic mass is 17.6. The summed E-state index contributed by atoms with van der Waals surface area (Å²) in [7, 11) is 0. The van der Waals surface area contributed by atoms with Crippen LogP contribution in [-0.2, 0) is 15.0 Å². The van der Waals surface area contributed by atoms with Gasteiger partial charge in [-0.25, -0.2) is 10.1 Å². The summed E-state index contributed by atoms with van der Waals surface area (Å²) in [6.07, 6.45) is 18.4. The van der Waals surface area contributed by atoms with Gasteiger partial charge in [0, 0.05) is 0 Å². The van der Waals surface area contributed by atoms with Crippen LogP contribution >= 0.6 is 0 Å². The Bertz CT molecular complexity index is 216. The van der Waals surface area contributed by atoms with Crippen LogP contribution in [0.3, 0.4) is 0 Å². The summed E-state index contributed by atoms with van der Waals surface area (Å²) >= 11 is 0. The minimum absolute atomic E-state index is 0.466. The number of hydrogen-bond donors (Lipinski definition) is 1. The molecular weight excluding hydrogens is 292 g/mol. The van der Waals surface area contributed by atoms with Crippen LogP contribution in [0.15, 0.2) is 0 Å². The smallest absolute Gasteiger partial charge is 0.0854 e. The molecule has 0 unspecified atom stereocenters. The second kappa shape index (κ2) is 16.7. The lowest BCUT2D eigenvalue weighted by atomic mass is 9.72. The molecular formula is C19H40O4. The molecule has 0 aromatic rings. The van der Waals surface area contributed by atoms with Gasteiger partial charge in [-0.05, 0) is 47.6 Å². The third-order valence-electron chi connectivity index (χ3n) is 4.85. The van der Waals surface area contributed by atoms with Crippen LogP contribution in [0, 0.1) is 5.41 Å². The van der Waals surface area contributed by atoms with Crippen molar-refractivity contribution in [1.29, 1.82) is 0 Å². The van der Waals surface area contributed by atoms with Crippen molar-refractivity contribution >= 4 is 0 Å². The van der Waals surface area contributed by atoms with Crippen molar-refractivity contribution in [2.75, 3.05) is 6.61 Å². The van der Waals surface area contributed by atoms with E-state index < -0.39 is 0 Å². The van der Waals surface area contributed by atoms with E-state index in [4.69, 9.17) is 5.26 Å². The molecule has 0 aromatic heterocycles. The van der Waals surface area contributed by atoms with Crippen LogP contribution in [0.2, 0.25) is 0 Å². The fourth-order valence-electron chi connectivity index (χ4n) is 3.94. The average Bonchev–Trinajstić information content (AvgIpc) is 2.53. The molecule has 0 aliphatic carbocycles. The highest BCUT2D eigenvalue weighted by Gasteiger charge is 2.26. The molecule has 4 nitrogen and oxygen atoms in total. The summed E-state index contributed by atoms with van der Waals surface area (Å²) in [4.78, 5) is 4.56. The quantitative estimate of drug-likeness (QED) is 0.169. The SMILES string of the molecule is CCCC(CCC)(CCC)CCCCCCCCCOOOO. The first-order valence-corrected chi connectivity index (χ1v) is 9.84. The standard InChI is InChI=1S/C19H40O4/c1-4-14-19(15-5-2,16-6-3)17-12-10-8-7-9-11-13-18-21-23-22-20/h20H,4-18H2,1-3H3. The molecule has 1 N–H and O–H groups in total. The summed E-state index contributed by atoms with van der Waals surface area (Å²) in [5.41, 5.74) is 0.629. The topological polar surface area (TPSA) is 47.9 Å². The van der Waals surface area contributed by atoms with E-state index in [1.807, 2.05) is 0 Å². The Morgan fingerprint density at radius 3 is 1.61 bits per heavy atom. The summed E-state index contributed by atoms with van der Waals surface area (Å²) in [6.45, 7) is 7.47. The van der Waals surface area contributed by atoms with Gasteiger partial charge in [0.15, 0.2) is 0 Å². The summed E-state index contributed by atoms with van der Waals surface area (Å²) in [6, 6.07) is 0. The number of unbranched alkanes of at least 4 members (excludes halogenated alkanes) is 6. The summed E-state index contributed by atoms with van der Waals surface area (Å²) < 4.78 is 0. The molecule has 0 aliphatic rings. The van der Waals surface area contributed by atoms with Gasteiger partial charge >= 0.3 is 0 Å². The van der Waals surface area contributed by atoms with Crippen molar-refractivity contribution in [2.45, 2.75) is 111 Å². The second-order valence-electron chi connectivity index (χ2n) is 6.94. The highest BCUT2D eigenvalue weighted by Crippen LogP contribution is 2.40. The molecule has 0 atom stereocenters. The van der Waals surface area contributed by atoms with Gasteiger partial charge in [-0.2, -0.15) is 0 Å². The third kappa shape index (κ3) is 12.9. The molecule has 0 aromatic carbocycles. The van der Waals surface area contributed by atoms with Crippen LogP contribution in [0.5, 0.6) is 0 Å². The van der Waals surface area contributed by atoms with E-state index in [2.05, 4.69) is 35.7 Å². The van der Waals surface area contributed by atoms with E-state index in [1.54, 1.807) is 0 Å². The van der Waals surface area contributed by atoms with Crippen molar-refractivity contribution in [1.82, 2.24) is 0 Å². The van der Waals surface area contributed by atoms with E-state index in [-0.39, 0.29) is 0 Å². The molecule has 4 heteroatoms. The van der Waals surface area contributed by atoms with Crippen molar-refractivity contribution in [2.24, 2.45) is 5.41 Å². The van der Waals surface area contributed by atoms with Crippen LogP contribution in [0.4, 0.5) is 0 Å². The van der Waals surface area contributed by atoms with E-state index in [9.17, 15) is 0 Å². The van der Waals surface area contributed by atoms with Gasteiger partial charge < -0.3 is 0 Å². The van der Waals surface area contributed by atoms with Gasteiger partial charge in [0.25, 0.3) is 0 Å². The number of hydrogen-bond acceptors (Lipinski definition) is 4. The maximum atomic E-state index is 7.90. The molecule has 23 heavy (non-hydrogen) atoms. The normalized spacial score (nSPS) is 12.0. The fraction of sp³-hybridized carbons (Fsp3) is 1.00. The van der Waals surface area contributed by atoms with Crippen LogP contribution in [0.1, 0.15) is 111 Å². The Balaban J connectivity index is 3.65. The largest absolute Gasteiger partial charge is 0.219 e. The van der Waals surface area contributed by atoms with Gasteiger partial charge in [0.1, 0.15) is 0 Å². The molecule has 0 heterocycles. The molecule has 0 spiro atoms. The van der Waals surface area contributed by atoms with E-state index in [1.165, 1.54) is 77.0 Å². The zero-order valence-corrected chi connectivity index (χ0v) is 15.8. The third-order valence-corrected chi connectivity index (χ3v) is 4.85. The lowest BCUT2D eigenvalue weighted by Crippen LogP contribution is -2.20. The van der Waals surface area contributed by atoms with Gasteiger partial charge in [-0.1, -0.05) is 78.6 Å². The Labute approximate surface area is 143 Å². The van der Waals surface area contributed by atoms with Crippen LogP contribution in [-0.4, -0.2) is 11.9 Å². The summed E-state index contributed by atoms with van der Waals surface area (Å²) in [5, 5.41) is 15.2. The zero-order valence-electron chi connectivity index (χ0n) is 15.8. The zero-order chi connectivity index (χ0) is 17.2. The lowest BCUT2D eigenvalue weighted by Gasteiger charge is -2.34. The maximum absolute atomic E-state index is 7.90. The van der Waals surface area contributed by atoms with E-state index in [0.29, 0.717) is 12.0 Å². The average molecular weight is 333 g/mol. The van der Waals surface area contributed by atoms with Gasteiger partial charge in [-0.15, -0.1) is 0 Å². The van der Waals surface area contributed by atoms with E-state index >= 15 is 0 Å². The maximum Gasteiger partial charge on any atom is 0.0854 e. The molecule has 0 aliphatic heterocycles. The molecule has 140 valence electrons. The monoisotopic (exact) mass is 332 g/mol. The Hall–Kier alpha value is -0.160. The van der Waals surface area contributed by atoms with Crippen LogP contribution in [0.25, 0.3) is 0 Å². The van der Waals surface area contributed by atoms with Crippen LogP contribution < -0.4 is 0 Å². The Morgan fingerprint density at radius 1 is 0.652 bits per heavy atom. The predicted octanol–water partition coefficient (Wildman–Crippen LogP) is 6.85. The molecule has 0 bridgehead atoms. The Kier molecular flexibility index (Phi) is 16.6. The minimum Gasteiger partial charge on any atom is -0.219 e. The molecule has 0 amide bonds. The first-order valence-electron chi connectivity index (χ1n) is 9.84. The molecule has 0 saturated heterocycles. The molecule has 0 saturated carbocycles. The Morgan fingerprint density at radius 2 is 1.13 bits per heavy atom. The first-order chi connectivity index (χ1) is 11.2. The fourth-order valence-corrected chi connectivity index (χ4v) is 3.94. The van der Waals surface area contributed by atoms with Crippen molar-refractivity contribution < 1.29 is 20.2 Å². The van der Waals surface area contributed by atoms with E-state index in [0.717, 1.165) is 12.8 Å². The molecule has 0 radical (unpaired) electrons. The molecule has 0 fully saturated rings. The minimum atomic E-state index is 0.466. The predicted molar refractivity (Wildman–Crippen MR) is 94.8 cm³/mol. The number of rotatable bonds is 18. The van der Waals surface area contributed by atoms with Gasteiger partial charge in [-0.3, -0.25) is 0 Å². The second-order valence-corrected chi connectivity index (χ2v) is 6.94. The van der Waals surface area contributed by atoms with Gasteiger partial charge in [0.05, 0.1) is 6.61 Å². The van der Waals surface area contributed by atoms with Crippen molar-refractivity contribution in [3.05, 3.63) is 0 Å². The highest BCUT2D eigenvalue weighted by molar-refractivity contribution is 4.78. The first kappa shape index (κ1) is 22.8. The van der Waals surface area contributed by atoms with Crippen molar-refractivity contribution in [3.8, 4) is 0 Å².